The number of amides is 2. The molecule has 0 unspecified atom stereocenters. The van der Waals surface area contributed by atoms with Gasteiger partial charge in [0, 0.05) is 36.7 Å². The Morgan fingerprint density at radius 2 is 2.10 bits per heavy atom. The second-order valence-electron chi connectivity index (χ2n) is 7.61. The molecule has 1 atom stereocenters. The Balaban J connectivity index is 1.58. The van der Waals surface area contributed by atoms with Gasteiger partial charge in [-0.1, -0.05) is 0 Å². The number of aryl methyl sites for hydroxylation is 2. The van der Waals surface area contributed by atoms with Crippen molar-refractivity contribution in [3.63, 3.8) is 0 Å². The van der Waals surface area contributed by atoms with E-state index in [4.69, 9.17) is 4.98 Å². The Morgan fingerprint density at radius 3 is 2.90 bits per heavy atom. The molecule has 29 heavy (non-hydrogen) atoms. The summed E-state index contributed by atoms with van der Waals surface area (Å²) in [5.41, 5.74) is 5.63. The quantitative estimate of drug-likeness (QED) is 0.725. The molecule has 1 saturated heterocycles. The molecule has 146 valence electrons. The Kier molecular flexibility index (Phi) is 4.16. The van der Waals surface area contributed by atoms with Crippen molar-refractivity contribution >= 4 is 23.2 Å². The Bertz CT molecular complexity index is 1080. The van der Waals surface area contributed by atoms with E-state index in [1.165, 1.54) is 0 Å². The number of carbonyl (C=O) groups is 1. The largest absolute Gasteiger partial charge is 0.366 e. The molecule has 2 aliphatic heterocycles. The number of fused-ring (bicyclic) bond motifs is 4. The molecule has 0 saturated carbocycles. The van der Waals surface area contributed by atoms with Crippen molar-refractivity contribution in [3.05, 3.63) is 60.2 Å². The van der Waals surface area contributed by atoms with E-state index in [-0.39, 0.29) is 12.1 Å². The summed E-state index contributed by atoms with van der Waals surface area (Å²) < 4.78 is 0. The van der Waals surface area contributed by atoms with E-state index in [1.807, 2.05) is 36.1 Å². The summed E-state index contributed by atoms with van der Waals surface area (Å²) in [6.07, 6.45) is 6.07. The fourth-order valence-electron chi connectivity index (χ4n) is 4.21. The molecule has 0 spiro atoms. The zero-order valence-electron chi connectivity index (χ0n) is 16.5. The van der Waals surface area contributed by atoms with Gasteiger partial charge in [-0.05, 0) is 56.2 Å². The van der Waals surface area contributed by atoms with E-state index in [0.29, 0.717) is 5.69 Å². The highest BCUT2D eigenvalue weighted by Crippen LogP contribution is 2.41. The summed E-state index contributed by atoms with van der Waals surface area (Å²) >= 11 is 0. The van der Waals surface area contributed by atoms with Crippen molar-refractivity contribution in [1.29, 1.82) is 0 Å². The van der Waals surface area contributed by atoms with Crippen molar-refractivity contribution in [3.8, 4) is 11.3 Å². The molecule has 3 aromatic heterocycles. The van der Waals surface area contributed by atoms with Gasteiger partial charge < -0.3 is 10.2 Å². The predicted molar refractivity (Wildman–Crippen MR) is 113 cm³/mol. The van der Waals surface area contributed by atoms with Gasteiger partial charge in [-0.25, -0.2) is 9.78 Å². The second-order valence-corrected chi connectivity index (χ2v) is 7.61. The molecule has 0 aromatic carbocycles. The van der Waals surface area contributed by atoms with Crippen LogP contribution in [0.25, 0.3) is 11.3 Å². The predicted octanol–water partition coefficient (Wildman–Crippen LogP) is 3.79. The third-order valence-electron chi connectivity index (χ3n) is 5.57. The minimum atomic E-state index is -0.168. The Labute approximate surface area is 169 Å². The summed E-state index contributed by atoms with van der Waals surface area (Å²) in [5.74, 6) is 0.718. The van der Waals surface area contributed by atoms with Gasteiger partial charge in [0.2, 0.25) is 0 Å². The molecule has 2 amide bonds. The number of rotatable bonds is 2. The average Bonchev–Trinajstić information content (AvgIpc) is 3.14. The van der Waals surface area contributed by atoms with Crippen LogP contribution < -0.4 is 15.1 Å². The lowest BCUT2D eigenvalue weighted by Gasteiger charge is -2.36. The maximum absolute atomic E-state index is 13.2. The summed E-state index contributed by atoms with van der Waals surface area (Å²) in [6.45, 7) is 5.81. The van der Waals surface area contributed by atoms with Gasteiger partial charge in [-0.3, -0.25) is 14.9 Å². The van der Waals surface area contributed by atoms with E-state index >= 15 is 0 Å². The van der Waals surface area contributed by atoms with E-state index in [9.17, 15) is 4.79 Å². The highest BCUT2D eigenvalue weighted by atomic mass is 16.2. The topological polar surface area (TPSA) is 74.2 Å². The molecule has 1 N–H and O–H groups in total. The maximum Gasteiger partial charge on any atom is 0.327 e. The van der Waals surface area contributed by atoms with Gasteiger partial charge in [0.05, 0.1) is 29.3 Å². The van der Waals surface area contributed by atoms with Crippen LogP contribution in [-0.2, 0) is 0 Å². The van der Waals surface area contributed by atoms with Crippen LogP contribution in [0, 0.1) is 13.8 Å². The first kappa shape index (κ1) is 17.6. The van der Waals surface area contributed by atoms with Gasteiger partial charge in [-0.15, -0.1) is 0 Å². The molecular weight excluding hydrogens is 364 g/mol. The third-order valence-corrected chi connectivity index (χ3v) is 5.57. The number of nitrogens with zero attached hydrogens (tertiary/aromatic N) is 5. The number of urea groups is 1. The van der Waals surface area contributed by atoms with E-state index in [2.05, 4.69) is 33.2 Å². The number of pyridine rings is 3. The van der Waals surface area contributed by atoms with Crippen LogP contribution in [0.1, 0.15) is 17.7 Å². The van der Waals surface area contributed by atoms with Crippen molar-refractivity contribution in [2.24, 2.45) is 0 Å². The molecule has 0 radical (unpaired) electrons. The number of hydrogen-bond acceptors (Lipinski definition) is 5. The minimum Gasteiger partial charge on any atom is -0.366 e. The highest BCUT2D eigenvalue weighted by molar-refractivity contribution is 6.04. The summed E-state index contributed by atoms with van der Waals surface area (Å²) in [5, 5.41) is 2.97. The standard InChI is InChI=1S/C22H22N6O/c1-14-10-19-21(26-20(14)16-5-8-24-15(2)11-16)28(18-6-9-27(19)13-18)22(29)25-17-4-3-7-23-12-17/h3-5,7-8,10-12,18H,6,9,13H2,1-2H3,(H,25,29)/t18-/m0/s1. The minimum absolute atomic E-state index is 0.112. The smallest absolute Gasteiger partial charge is 0.327 e. The number of carbonyl (C=O) groups excluding carboxylic acids is 1. The molecular formula is C22H22N6O. The second kappa shape index (κ2) is 6.84. The molecule has 7 heteroatoms. The zero-order chi connectivity index (χ0) is 20.0. The monoisotopic (exact) mass is 386 g/mol. The Hall–Kier alpha value is -3.48. The van der Waals surface area contributed by atoms with Crippen LogP contribution >= 0.6 is 0 Å². The van der Waals surface area contributed by atoms with Gasteiger partial charge >= 0.3 is 6.03 Å². The van der Waals surface area contributed by atoms with Crippen LogP contribution in [0.3, 0.4) is 0 Å². The summed E-state index contributed by atoms with van der Waals surface area (Å²) in [7, 11) is 0. The van der Waals surface area contributed by atoms with Crippen molar-refractivity contribution in [2.75, 3.05) is 28.2 Å². The van der Waals surface area contributed by atoms with Crippen LogP contribution in [0.2, 0.25) is 0 Å². The molecule has 2 aliphatic rings. The number of nitrogens with one attached hydrogen (secondary N) is 1. The maximum atomic E-state index is 13.2. The molecule has 0 aliphatic carbocycles. The number of aromatic nitrogens is 3. The molecule has 5 rings (SSSR count). The molecule has 2 bridgehead atoms. The molecule has 3 aromatic rings. The van der Waals surface area contributed by atoms with Gasteiger partial charge in [-0.2, -0.15) is 0 Å². The first-order valence-electron chi connectivity index (χ1n) is 9.80. The van der Waals surface area contributed by atoms with Crippen molar-refractivity contribution in [2.45, 2.75) is 26.3 Å². The Morgan fingerprint density at radius 1 is 1.21 bits per heavy atom. The summed E-state index contributed by atoms with van der Waals surface area (Å²) in [6, 6.07) is 9.73. The van der Waals surface area contributed by atoms with E-state index < -0.39 is 0 Å². The van der Waals surface area contributed by atoms with Crippen LogP contribution in [0.15, 0.2) is 48.9 Å². The van der Waals surface area contributed by atoms with E-state index in [0.717, 1.165) is 53.5 Å². The fraction of sp³-hybridized carbons (Fsp3) is 0.273. The van der Waals surface area contributed by atoms with Crippen LogP contribution in [-0.4, -0.2) is 40.1 Å². The van der Waals surface area contributed by atoms with Gasteiger partial charge in [0.25, 0.3) is 0 Å². The normalized spacial score (nSPS) is 17.2. The fourth-order valence-corrected chi connectivity index (χ4v) is 4.21. The lowest BCUT2D eigenvalue weighted by molar-refractivity contribution is 0.255. The summed E-state index contributed by atoms with van der Waals surface area (Å²) in [4.78, 5) is 30.7. The lowest BCUT2D eigenvalue weighted by Crippen LogP contribution is -2.48. The van der Waals surface area contributed by atoms with Crippen molar-refractivity contribution < 1.29 is 4.79 Å². The van der Waals surface area contributed by atoms with E-state index in [1.54, 1.807) is 18.6 Å². The molecule has 5 heterocycles. The highest BCUT2D eigenvalue weighted by Gasteiger charge is 2.40. The third kappa shape index (κ3) is 3.08. The molecule has 7 nitrogen and oxygen atoms in total. The van der Waals surface area contributed by atoms with Crippen LogP contribution in [0.5, 0.6) is 0 Å². The zero-order valence-corrected chi connectivity index (χ0v) is 16.5. The number of hydrogen-bond donors (Lipinski definition) is 1. The average molecular weight is 386 g/mol. The van der Waals surface area contributed by atoms with Crippen LogP contribution in [0.4, 0.5) is 22.0 Å². The first-order chi connectivity index (χ1) is 14.1. The lowest BCUT2D eigenvalue weighted by atomic mass is 10.0. The number of anilines is 3. The SMILES string of the molecule is Cc1cc(-c2nc3c(cc2C)N2CC[C@@H](C2)N3C(=O)Nc2cccnc2)ccn1. The van der Waals surface area contributed by atoms with Crippen molar-refractivity contribution in [1.82, 2.24) is 15.0 Å². The first-order valence-corrected chi connectivity index (χ1v) is 9.80. The van der Waals surface area contributed by atoms with Gasteiger partial charge in [0.15, 0.2) is 5.82 Å². The van der Waals surface area contributed by atoms with Gasteiger partial charge in [0.1, 0.15) is 0 Å². The molecule has 1 fully saturated rings.